The third-order valence-electron chi connectivity index (χ3n) is 10.3. The van der Waals surface area contributed by atoms with Crippen LogP contribution in [0, 0.1) is 0 Å². The van der Waals surface area contributed by atoms with Gasteiger partial charge in [-0.2, -0.15) is 79.0 Å². The largest absolute Gasteiger partial charge is 0.389 e. The van der Waals surface area contributed by atoms with Gasteiger partial charge in [0.25, 0.3) is 0 Å². The van der Waals surface area contributed by atoms with E-state index in [1.807, 2.05) is 0 Å². The standard InChI is InChI=1S/C42H42F18/c43-37(44,45)13-1-7-25-19-31-32(20-26(25)8-2-14-38(46,47)48)34-22-28(10-4-16-40(52,53)54)30(12-6-18-42(58,59)60)24-36(34)35-23-29(11-5-17-41(55,56)57)27(21-33(31)35)9-3-15-39(49,50)51/h19-24H,1-18H2. The van der Waals surface area contributed by atoms with E-state index in [4.69, 9.17) is 0 Å². The lowest BCUT2D eigenvalue weighted by atomic mass is 9.84. The highest BCUT2D eigenvalue weighted by molar-refractivity contribution is 6.26. The number of hydrogen-bond donors (Lipinski definition) is 0. The van der Waals surface area contributed by atoms with Gasteiger partial charge in [-0.3, -0.25) is 0 Å². The highest BCUT2D eigenvalue weighted by Crippen LogP contribution is 2.42. The first-order valence-corrected chi connectivity index (χ1v) is 19.4. The Bertz CT molecular complexity index is 1630. The Labute approximate surface area is 333 Å². The fourth-order valence-corrected chi connectivity index (χ4v) is 7.68. The van der Waals surface area contributed by atoms with Crippen molar-refractivity contribution >= 4 is 32.3 Å². The van der Waals surface area contributed by atoms with Crippen LogP contribution in [0.4, 0.5) is 79.0 Å². The second-order valence-electron chi connectivity index (χ2n) is 15.3. The first-order chi connectivity index (χ1) is 27.5. The van der Waals surface area contributed by atoms with Gasteiger partial charge in [-0.05, 0) is 143 Å². The molecule has 4 rings (SSSR count). The lowest BCUT2D eigenvalue weighted by molar-refractivity contribution is -0.136. The van der Waals surface area contributed by atoms with Crippen molar-refractivity contribution < 1.29 is 79.0 Å². The van der Waals surface area contributed by atoms with Crippen molar-refractivity contribution in [1.82, 2.24) is 0 Å². The fraction of sp³-hybridized carbons (Fsp3) is 0.571. The van der Waals surface area contributed by atoms with Crippen molar-refractivity contribution in [1.29, 1.82) is 0 Å². The van der Waals surface area contributed by atoms with Gasteiger partial charge in [0.15, 0.2) is 0 Å². The molecule has 0 atom stereocenters. The zero-order chi connectivity index (χ0) is 44.9. The number of halogens is 18. The normalized spacial score (nSPS) is 13.7. The third-order valence-corrected chi connectivity index (χ3v) is 10.3. The molecule has 0 aliphatic rings. The molecular weight excluding hydrogens is 846 g/mol. The van der Waals surface area contributed by atoms with Crippen molar-refractivity contribution in [3.8, 4) is 0 Å². The molecule has 0 aliphatic heterocycles. The van der Waals surface area contributed by atoms with Crippen molar-refractivity contribution in [3.63, 3.8) is 0 Å². The van der Waals surface area contributed by atoms with Crippen LogP contribution in [0.1, 0.15) is 110 Å². The van der Waals surface area contributed by atoms with Gasteiger partial charge in [0.2, 0.25) is 0 Å². The third kappa shape index (κ3) is 16.0. The van der Waals surface area contributed by atoms with Crippen LogP contribution in [0.15, 0.2) is 36.4 Å². The van der Waals surface area contributed by atoms with E-state index in [-0.39, 0.29) is 104 Å². The second-order valence-corrected chi connectivity index (χ2v) is 15.3. The molecule has 0 amide bonds. The summed E-state index contributed by atoms with van der Waals surface area (Å²) in [6.45, 7) is 0. The Morgan fingerprint density at radius 2 is 0.333 bits per heavy atom. The summed E-state index contributed by atoms with van der Waals surface area (Å²) >= 11 is 0. The Kier molecular flexibility index (Phi) is 15.7. The molecule has 0 bridgehead atoms. The van der Waals surface area contributed by atoms with Crippen molar-refractivity contribution in [3.05, 3.63) is 69.8 Å². The van der Waals surface area contributed by atoms with Gasteiger partial charge < -0.3 is 0 Å². The zero-order valence-electron chi connectivity index (χ0n) is 32.0. The number of rotatable bonds is 18. The van der Waals surface area contributed by atoms with Crippen LogP contribution in [0.3, 0.4) is 0 Å². The Balaban J connectivity index is 2.08. The Morgan fingerprint density at radius 1 is 0.217 bits per heavy atom. The van der Waals surface area contributed by atoms with Gasteiger partial charge in [0.05, 0.1) is 0 Å². The summed E-state index contributed by atoms with van der Waals surface area (Å²) in [6.07, 6.45) is -39.3. The quantitative estimate of drug-likeness (QED) is 0.0690. The van der Waals surface area contributed by atoms with Crippen molar-refractivity contribution in [2.24, 2.45) is 0 Å². The number of fused-ring (bicyclic) bond motifs is 6. The summed E-state index contributed by atoms with van der Waals surface area (Å²) in [6, 6.07) is 8.75. The van der Waals surface area contributed by atoms with Crippen LogP contribution >= 0.6 is 0 Å². The second kappa shape index (κ2) is 19.2. The van der Waals surface area contributed by atoms with E-state index in [1.54, 1.807) is 0 Å². The molecule has 0 spiro atoms. The molecule has 18 heteroatoms. The summed E-state index contributed by atoms with van der Waals surface area (Å²) < 4.78 is 238. The average Bonchev–Trinajstić information content (AvgIpc) is 3.06. The maximum Gasteiger partial charge on any atom is 0.389 e. The smallest absolute Gasteiger partial charge is 0.171 e. The van der Waals surface area contributed by atoms with E-state index >= 15 is 0 Å². The monoisotopic (exact) mass is 888 g/mol. The maximum atomic E-state index is 13.2. The summed E-state index contributed by atoms with van der Waals surface area (Å²) in [5.74, 6) is 0. The van der Waals surface area contributed by atoms with E-state index in [1.165, 1.54) is 36.4 Å². The molecular formula is C42H42F18. The minimum absolute atomic E-state index is 0.233. The Morgan fingerprint density at radius 3 is 0.433 bits per heavy atom. The van der Waals surface area contributed by atoms with E-state index < -0.39 is 114 Å². The van der Waals surface area contributed by atoms with E-state index in [0.29, 0.717) is 0 Å². The molecule has 0 heterocycles. The van der Waals surface area contributed by atoms with Crippen LogP contribution < -0.4 is 0 Å². The number of hydrogen-bond acceptors (Lipinski definition) is 0. The van der Waals surface area contributed by atoms with Gasteiger partial charge in [-0.1, -0.05) is 36.4 Å². The first kappa shape index (κ1) is 49.1. The number of benzene rings is 4. The molecule has 0 nitrogen and oxygen atoms in total. The lowest BCUT2D eigenvalue weighted by Crippen LogP contribution is -2.10. The molecule has 0 aromatic heterocycles. The zero-order valence-corrected chi connectivity index (χ0v) is 32.0. The predicted octanol–water partition coefficient (Wildman–Crippen LogP) is 16.5. The molecule has 0 aliphatic carbocycles. The van der Waals surface area contributed by atoms with E-state index in [2.05, 4.69) is 0 Å². The molecule has 0 unspecified atom stereocenters. The summed E-state index contributed by atoms with van der Waals surface area (Å²) in [5, 5.41) is 1.61. The SMILES string of the molecule is FC(F)(F)CCCc1cc2c3cc(CCCC(F)(F)F)c(CCCC(F)(F)F)cc3c3cc(CCCC(F)(F)F)c(CCCC(F)(F)F)cc3c2cc1CCCC(F)(F)F. The highest BCUT2D eigenvalue weighted by atomic mass is 19.4. The molecule has 60 heavy (non-hydrogen) atoms. The van der Waals surface area contributed by atoms with Crippen LogP contribution in [-0.2, 0) is 38.5 Å². The molecule has 0 N–H and O–H groups in total. The molecule has 0 radical (unpaired) electrons. The summed E-state index contributed by atoms with van der Waals surface area (Å²) in [7, 11) is 0. The molecule has 4 aromatic rings. The molecule has 336 valence electrons. The molecule has 4 aromatic carbocycles. The predicted molar refractivity (Wildman–Crippen MR) is 193 cm³/mol. The lowest BCUT2D eigenvalue weighted by Gasteiger charge is -2.21. The van der Waals surface area contributed by atoms with Gasteiger partial charge in [-0.25, -0.2) is 0 Å². The number of aryl methyl sites for hydroxylation is 6. The Hall–Kier alpha value is -3.60. The van der Waals surface area contributed by atoms with Gasteiger partial charge in [0, 0.05) is 38.5 Å². The highest BCUT2D eigenvalue weighted by Gasteiger charge is 2.31. The van der Waals surface area contributed by atoms with Gasteiger partial charge in [0.1, 0.15) is 0 Å². The fourth-order valence-electron chi connectivity index (χ4n) is 7.68. The van der Waals surface area contributed by atoms with Crippen LogP contribution in [0.2, 0.25) is 0 Å². The maximum absolute atomic E-state index is 13.2. The van der Waals surface area contributed by atoms with Crippen molar-refractivity contribution in [2.75, 3.05) is 0 Å². The molecule has 0 saturated carbocycles. The van der Waals surface area contributed by atoms with Gasteiger partial charge in [-0.15, -0.1) is 0 Å². The van der Waals surface area contributed by atoms with Gasteiger partial charge >= 0.3 is 37.1 Å². The number of alkyl halides is 18. The summed E-state index contributed by atoms with van der Waals surface area (Å²) in [5.41, 5.74) is 1.40. The van der Waals surface area contributed by atoms with Crippen LogP contribution in [-0.4, -0.2) is 37.1 Å². The van der Waals surface area contributed by atoms with E-state index in [9.17, 15) is 79.0 Å². The minimum Gasteiger partial charge on any atom is -0.171 e. The molecule has 0 saturated heterocycles. The average molecular weight is 889 g/mol. The topological polar surface area (TPSA) is 0 Å². The molecule has 0 fully saturated rings. The minimum atomic E-state index is -4.58. The summed E-state index contributed by atoms with van der Waals surface area (Å²) in [4.78, 5) is 0. The van der Waals surface area contributed by atoms with Crippen LogP contribution in [0.5, 0.6) is 0 Å². The van der Waals surface area contributed by atoms with Crippen molar-refractivity contribution in [2.45, 2.75) is 153 Å². The van der Waals surface area contributed by atoms with E-state index in [0.717, 1.165) is 0 Å². The first-order valence-electron chi connectivity index (χ1n) is 19.4. The van der Waals surface area contributed by atoms with Crippen LogP contribution in [0.25, 0.3) is 32.3 Å².